The molecule has 3 amide bonds. The van der Waals surface area contributed by atoms with Crippen LogP contribution in [0.1, 0.15) is 38.3 Å². The lowest BCUT2D eigenvalue weighted by Gasteiger charge is -2.47. The number of benzene rings is 2. The summed E-state index contributed by atoms with van der Waals surface area (Å²) >= 11 is 0. The predicted octanol–water partition coefficient (Wildman–Crippen LogP) is 5.12. The van der Waals surface area contributed by atoms with Gasteiger partial charge in [-0.25, -0.2) is 27.2 Å². The van der Waals surface area contributed by atoms with Crippen LogP contribution in [-0.2, 0) is 21.4 Å². The molecule has 2 aromatic carbocycles. The van der Waals surface area contributed by atoms with Crippen molar-refractivity contribution in [1.29, 1.82) is 0 Å². The number of urea groups is 1. The van der Waals surface area contributed by atoms with Crippen LogP contribution in [0.15, 0.2) is 72.1 Å². The van der Waals surface area contributed by atoms with Crippen LogP contribution in [0.4, 0.5) is 9.59 Å². The molecule has 0 saturated carbocycles. The number of carbonyl (C=O) groups excluding carboxylic acids is 2. The van der Waals surface area contributed by atoms with E-state index in [1.165, 1.54) is 18.2 Å². The van der Waals surface area contributed by atoms with Crippen LogP contribution in [0.25, 0.3) is 0 Å². The van der Waals surface area contributed by atoms with Gasteiger partial charge in [0.05, 0.1) is 17.0 Å². The number of hydrogen-bond acceptors (Lipinski definition) is 5. The van der Waals surface area contributed by atoms with E-state index in [0.717, 1.165) is 20.3 Å². The number of nitrogens with zero attached hydrogens (tertiary/aromatic N) is 2. The second kappa shape index (κ2) is 9.39. The topological polar surface area (TPSA) is 84.0 Å². The Labute approximate surface area is 195 Å². The van der Waals surface area contributed by atoms with Gasteiger partial charge in [0.1, 0.15) is 6.61 Å². The number of aryl methyl sites for hydroxylation is 1. The Morgan fingerprint density at radius 2 is 1.73 bits per heavy atom. The Hall–Kier alpha value is -3.13. The minimum atomic E-state index is -4.23. The first-order chi connectivity index (χ1) is 15.5. The van der Waals surface area contributed by atoms with E-state index in [-0.39, 0.29) is 17.9 Å². The van der Waals surface area contributed by atoms with E-state index >= 15 is 0 Å². The van der Waals surface area contributed by atoms with Crippen molar-refractivity contribution in [3.05, 3.63) is 78.4 Å². The van der Waals surface area contributed by atoms with Crippen molar-refractivity contribution < 1.29 is 22.7 Å². The lowest BCUT2D eigenvalue weighted by Crippen LogP contribution is -2.64. The minimum Gasteiger partial charge on any atom is -0.444 e. The molecule has 3 rings (SSSR count). The fourth-order valence-electron chi connectivity index (χ4n) is 3.84. The molecule has 7 nitrogen and oxygen atoms in total. The smallest absolute Gasteiger partial charge is 0.418 e. The average molecular weight is 471 g/mol. The summed E-state index contributed by atoms with van der Waals surface area (Å²) in [6.07, 6.45) is 0.773. The number of rotatable bonds is 5. The van der Waals surface area contributed by atoms with E-state index < -0.39 is 39.6 Å². The first-order valence-corrected chi connectivity index (χ1v) is 12.2. The zero-order valence-corrected chi connectivity index (χ0v) is 20.2. The van der Waals surface area contributed by atoms with E-state index in [0.29, 0.717) is 0 Å². The Balaban J connectivity index is 1.98. The molecule has 0 aliphatic carbocycles. The molecule has 8 heteroatoms. The van der Waals surface area contributed by atoms with Crippen LogP contribution in [0.2, 0.25) is 0 Å². The van der Waals surface area contributed by atoms with Gasteiger partial charge in [0.2, 0.25) is 0 Å². The van der Waals surface area contributed by atoms with Gasteiger partial charge in [-0.1, -0.05) is 74.9 Å². The van der Waals surface area contributed by atoms with Gasteiger partial charge in [-0.2, -0.15) is 0 Å². The second-order valence-corrected chi connectivity index (χ2v) is 11.0. The van der Waals surface area contributed by atoms with Gasteiger partial charge < -0.3 is 4.74 Å². The van der Waals surface area contributed by atoms with Gasteiger partial charge >= 0.3 is 12.1 Å². The summed E-state index contributed by atoms with van der Waals surface area (Å²) in [5.41, 5.74) is 1.14. The summed E-state index contributed by atoms with van der Waals surface area (Å²) in [5, 5.41) is 0. The molecule has 0 spiro atoms. The summed E-state index contributed by atoms with van der Waals surface area (Å²) in [7, 11) is -4.23. The van der Waals surface area contributed by atoms with E-state index in [1.54, 1.807) is 24.3 Å². The highest BCUT2D eigenvalue weighted by molar-refractivity contribution is 7.89. The summed E-state index contributed by atoms with van der Waals surface area (Å²) in [5.74, 6) is 0. The number of sulfonamides is 1. The maximum Gasteiger partial charge on any atom is 0.418 e. The molecule has 1 aliphatic heterocycles. The molecule has 1 fully saturated rings. The predicted molar refractivity (Wildman–Crippen MR) is 126 cm³/mol. The van der Waals surface area contributed by atoms with E-state index in [2.05, 4.69) is 6.58 Å². The summed E-state index contributed by atoms with van der Waals surface area (Å²) in [4.78, 5) is 27.7. The highest BCUT2D eigenvalue weighted by atomic mass is 32.2. The lowest BCUT2D eigenvalue weighted by atomic mass is 9.81. The molecule has 1 heterocycles. The van der Waals surface area contributed by atoms with Crippen molar-refractivity contribution in [1.82, 2.24) is 9.21 Å². The van der Waals surface area contributed by atoms with Gasteiger partial charge in [-0.3, -0.25) is 0 Å². The number of ether oxygens (including phenoxy) is 1. The van der Waals surface area contributed by atoms with E-state index in [1.807, 2.05) is 45.9 Å². The normalized spacial score (nSPS) is 19.3. The number of hydrogen-bond donors (Lipinski definition) is 0. The molecule has 176 valence electrons. The third-order valence-electron chi connectivity index (χ3n) is 5.72. The Bertz CT molecular complexity index is 1120. The molecule has 33 heavy (non-hydrogen) atoms. The average Bonchev–Trinajstić information content (AvgIpc) is 2.76. The zero-order valence-electron chi connectivity index (χ0n) is 19.4. The fraction of sp³-hybridized carbons (Fsp3) is 0.360. The maximum absolute atomic E-state index is 13.6. The SMILES string of the molecule is C=C[C@@H]1C[C@@H](C(C)(C)C)N(C(=O)OCc2ccccc2)C(=O)N1S(=O)(=O)c1ccc(C)cc1. The van der Waals surface area contributed by atoms with Crippen LogP contribution in [0, 0.1) is 12.3 Å². The molecule has 0 bridgehead atoms. The maximum atomic E-state index is 13.6. The first kappa shape index (κ1) is 24.5. The van der Waals surface area contributed by atoms with Crippen molar-refractivity contribution in [2.75, 3.05) is 0 Å². The van der Waals surface area contributed by atoms with Crippen molar-refractivity contribution in [2.24, 2.45) is 5.41 Å². The van der Waals surface area contributed by atoms with E-state index in [4.69, 9.17) is 4.74 Å². The first-order valence-electron chi connectivity index (χ1n) is 10.7. The van der Waals surface area contributed by atoms with E-state index in [9.17, 15) is 18.0 Å². The largest absolute Gasteiger partial charge is 0.444 e. The summed E-state index contributed by atoms with van der Waals surface area (Å²) in [6, 6.07) is 13.0. The molecule has 0 N–H and O–H groups in total. The van der Waals surface area contributed by atoms with Crippen LogP contribution in [0.5, 0.6) is 0 Å². The standard InChI is InChI=1S/C25H30N2O5S/c1-6-20-16-22(25(3,4)5)26(24(29)32-17-19-10-8-7-9-11-19)23(28)27(20)33(30,31)21-14-12-18(2)13-15-21/h6-15,20,22H,1,16-17H2,2-5H3/t20-,22+/m1/s1. The van der Waals surface area contributed by atoms with Crippen molar-refractivity contribution in [3.8, 4) is 0 Å². The quantitative estimate of drug-likeness (QED) is 0.567. The second-order valence-electron chi connectivity index (χ2n) is 9.23. The highest BCUT2D eigenvalue weighted by Gasteiger charge is 2.51. The molecule has 0 unspecified atom stereocenters. The minimum absolute atomic E-state index is 0.0277. The van der Waals surface area contributed by atoms with Gasteiger partial charge in [0.15, 0.2) is 0 Å². The summed E-state index contributed by atoms with van der Waals surface area (Å²) in [6.45, 7) is 11.3. The molecule has 2 atom stereocenters. The van der Waals surface area contributed by atoms with Gasteiger partial charge in [0, 0.05) is 0 Å². The Morgan fingerprint density at radius 1 is 1.12 bits per heavy atom. The Morgan fingerprint density at radius 3 is 2.27 bits per heavy atom. The van der Waals surface area contributed by atoms with Crippen LogP contribution >= 0.6 is 0 Å². The third-order valence-corrected chi connectivity index (χ3v) is 7.54. The monoisotopic (exact) mass is 470 g/mol. The van der Waals surface area contributed by atoms with Crippen LogP contribution < -0.4 is 0 Å². The summed E-state index contributed by atoms with van der Waals surface area (Å²) < 4.78 is 33.1. The van der Waals surface area contributed by atoms with Crippen LogP contribution in [-0.4, -0.2) is 41.8 Å². The van der Waals surface area contributed by atoms with Gasteiger partial charge in [-0.15, -0.1) is 6.58 Å². The number of imide groups is 1. The number of amides is 3. The molecular weight excluding hydrogens is 440 g/mol. The molecular formula is C25H30N2O5S. The Kier molecular flexibility index (Phi) is 6.97. The number of carbonyl (C=O) groups is 2. The molecule has 0 radical (unpaired) electrons. The van der Waals surface area contributed by atoms with Gasteiger partial charge in [-0.05, 0) is 36.5 Å². The van der Waals surface area contributed by atoms with Crippen LogP contribution in [0.3, 0.4) is 0 Å². The molecule has 1 aliphatic rings. The van der Waals surface area contributed by atoms with Crippen molar-refractivity contribution in [3.63, 3.8) is 0 Å². The highest BCUT2D eigenvalue weighted by Crippen LogP contribution is 2.37. The molecule has 1 saturated heterocycles. The molecule has 0 aromatic heterocycles. The van der Waals surface area contributed by atoms with Crippen molar-refractivity contribution >= 4 is 22.1 Å². The van der Waals surface area contributed by atoms with Crippen molar-refractivity contribution in [2.45, 2.75) is 57.7 Å². The van der Waals surface area contributed by atoms with Gasteiger partial charge in [0.25, 0.3) is 10.0 Å². The zero-order chi connectivity index (χ0) is 24.4. The lowest BCUT2D eigenvalue weighted by molar-refractivity contribution is 0.0389. The molecule has 2 aromatic rings. The fourth-order valence-corrected chi connectivity index (χ4v) is 5.37. The third kappa shape index (κ3) is 5.11.